The van der Waals surface area contributed by atoms with E-state index in [1.165, 1.54) is 0 Å². The van der Waals surface area contributed by atoms with Crippen LogP contribution < -0.4 is 5.32 Å². The van der Waals surface area contributed by atoms with Gasteiger partial charge in [0.2, 0.25) is 0 Å². The fraction of sp³-hybridized carbons (Fsp3) is 0.412. The topological polar surface area (TPSA) is 62.2 Å². The predicted molar refractivity (Wildman–Crippen MR) is 82.9 cm³/mol. The summed E-state index contributed by atoms with van der Waals surface area (Å²) >= 11 is 0. The van der Waals surface area contributed by atoms with Gasteiger partial charge in [-0.2, -0.15) is 0 Å². The number of carboxylic acids is 1. The maximum atomic E-state index is 11.6. The van der Waals surface area contributed by atoms with Crippen molar-refractivity contribution in [2.75, 3.05) is 13.1 Å². The molecule has 1 aliphatic rings. The number of hydrogen-bond acceptors (Lipinski definition) is 3. The largest absolute Gasteiger partial charge is 0.478 e. The van der Waals surface area contributed by atoms with Gasteiger partial charge in [-0.25, -0.2) is 4.79 Å². The standard InChI is InChI=1S/C17H20N2O2/c1-2-11-5-3-7-13-14(17(20)21)9-15(19-16(11)13)12-6-4-8-18-10-12/h3,5,7,9,12,18H,2,4,6,8,10H2,1H3,(H,20,21). The van der Waals surface area contributed by atoms with Crippen molar-refractivity contribution in [2.24, 2.45) is 0 Å². The van der Waals surface area contributed by atoms with E-state index in [0.717, 1.165) is 54.5 Å². The second kappa shape index (κ2) is 5.82. The summed E-state index contributed by atoms with van der Waals surface area (Å²) in [7, 11) is 0. The molecule has 110 valence electrons. The number of rotatable bonds is 3. The van der Waals surface area contributed by atoms with Gasteiger partial charge in [-0.3, -0.25) is 4.98 Å². The lowest BCUT2D eigenvalue weighted by Gasteiger charge is -2.23. The lowest BCUT2D eigenvalue weighted by atomic mass is 9.93. The summed E-state index contributed by atoms with van der Waals surface area (Å²) in [5, 5.41) is 13.6. The molecule has 2 heterocycles. The Morgan fingerprint density at radius 1 is 1.48 bits per heavy atom. The average Bonchev–Trinajstić information content (AvgIpc) is 2.53. The van der Waals surface area contributed by atoms with Gasteiger partial charge in [0.25, 0.3) is 0 Å². The Morgan fingerprint density at radius 3 is 3.00 bits per heavy atom. The number of carbonyl (C=O) groups is 1. The Balaban J connectivity index is 2.19. The molecule has 0 aliphatic carbocycles. The molecule has 0 radical (unpaired) electrons. The zero-order valence-corrected chi connectivity index (χ0v) is 12.2. The Hall–Kier alpha value is -1.94. The fourth-order valence-corrected chi connectivity index (χ4v) is 3.10. The van der Waals surface area contributed by atoms with Crippen LogP contribution in [0.25, 0.3) is 10.9 Å². The molecule has 2 aromatic rings. The SMILES string of the molecule is CCc1cccc2c(C(=O)O)cc(C3CCCNC3)nc12. The first-order chi connectivity index (χ1) is 10.2. The number of aryl methyl sites for hydroxylation is 1. The van der Waals surface area contributed by atoms with Crippen LogP contribution in [0.3, 0.4) is 0 Å². The highest BCUT2D eigenvalue weighted by atomic mass is 16.4. The van der Waals surface area contributed by atoms with E-state index in [4.69, 9.17) is 4.98 Å². The highest BCUT2D eigenvalue weighted by molar-refractivity contribution is 6.03. The van der Waals surface area contributed by atoms with E-state index >= 15 is 0 Å². The fourth-order valence-electron chi connectivity index (χ4n) is 3.10. The number of aromatic carboxylic acids is 1. The predicted octanol–water partition coefficient (Wildman–Crippen LogP) is 2.96. The summed E-state index contributed by atoms with van der Waals surface area (Å²) in [5.74, 6) is -0.563. The van der Waals surface area contributed by atoms with Gasteiger partial charge in [0.1, 0.15) is 0 Å². The molecule has 2 N–H and O–H groups in total. The van der Waals surface area contributed by atoms with Crippen LogP contribution >= 0.6 is 0 Å². The number of piperidine rings is 1. The Bertz CT molecular complexity index is 676. The van der Waals surface area contributed by atoms with Gasteiger partial charge in [-0.15, -0.1) is 0 Å². The van der Waals surface area contributed by atoms with Crippen molar-refractivity contribution in [2.45, 2.75) is 32.1 Å². The monoisotopic (exact) mass is 284 g/mol. The number of carboxylic acid groups (broad SMARTS) is 1. The van der Waals surface area contributed by atoms with Crippen molar-refractivity contribution in [3.8, 4) is 0 Å². The molecule has 1 fully saturated rings. The summed E-state index contributed by atoms with van der Waals surface area (Å²) in [5.41, 5.74) is 3.24. The Morgan fingerprint density at radius 2 is 2.33 bits per heavy atom. The van der Waals surface area contributed by atoms with E-state index in [2.05, 4.69) is 12.2 Å². The van der Waals surface area contributed by atoms with Crippen LogP contribution in [0.5, 0.6) is 0 Å². The van der Waals surface area contributed by atoms with Crippen LogP contribution in [-0.2, 0) is 6.42 Å². The average molecular weight is 284 g/mol. The van der Waals surface area contributed by atoms with E-state index in [9.17, 15) is 9.90 Å². The van der Waals surface area contributed by atoms with Crippen LogP contribution in [0, 0.1) is 0 Å². The Kier molecular flexibility index (Phi) is 3.88. The Labute approximate surface area is 124 Å². The summed E-state index contributed by atoms with van der Waals surface area (Å²) in [6, 6.07) is 7.57. The molecule has 1 saturated heterocycles. The summed E-state index contributed by atoms with van der Waals surface area (Å²) in [6.45, 7) is 3.99. The maximum Gasteiger partial charge on any atom is 0.336 e. The number of para-hydroxylation sites is 1. The highest BCUT2D eigenvalue weighted by Crippen LogP contribution is 2.28. The van der Waals surface area contributed by atoms with Crippen LogP contribution in [0.4, 0.5) is 0 Å². The van der Waals surface area contributed by atoms with Gasteiger partial charge in [-0.05, 0) is 37.4 Å². The van der Waals surface area contributed by atoms with Crippen LogP contribution in [0.2, 0.25) is 0 Å². The van der Waals surface area contributed by atoms with E-state index in [0.29, 0.717) is 11.5 Å². The minimum atomic E-state index is -0.874. The quantitative estimate of drug-likeness (QED) is 0.909. The summed E-state index contributed by atoms with van der Waals surface area (Å²) < 4.78 is 0. The van der Waals surface area contributed by atoms with Crippen LogP contribution in [0.1, 0.15) is 47.3 Å². The van der Waals surface area contributed by atoms with Crippen molar-refractivity contribution >= 4 is 16.9 Å². The molecule has 0 saturated carbocycles. The number of fused-ring (bicyclic) bond motifs is 1. The first kappa shape index (κ1) is 14.0. The van der Waals surface area contributed by atoms with Crippen LogP contribution in [-0.4, -0.2) is 29.1 Å². The van der Waals surface area contributed by atoms with Crippen molar-refractivity contribution in [1.29, 1.82) is 0 Å². The molecule has 21 heavy (non-hydrogen) atoms. The minimum Gasteiger partial charge on any atom is -0.478 e. The third-order valence-electron chi connectivity index (χ3n) is 4.27. The molecule has 3 rings (SSSR count). The van der Waals surface area contributed by atoms with E-state index < -0.39 is 5.97 Å². The van der Waals surface area contributed by atoms with Gasteiger partial charge < -0.3 is 10.4 Å². The first-order valence-corrected chi connectivity index (χ1v) is 7.57. The second-order valence-corrected chi connectivity index (χ2v) is 5.61. The van der Waals surface area contributed by atoms with E-state index in [1.54, 1.807) is 6.07 Å². The molecular formula is C17H20N2O2. The normalized spacial score (nSPS) is 18.8. The number of pyridine rings is 1. The summed E-state index contributed by atoms with van der Waals surface area (Å²) in [4.78, 5) is 16.4. The van der Waals surface area contributed by atoms with Crippen molar-refractivity contribution < 1.29 is 9.90 Å². The lowest BCUT2D eigenvalue weighted by Crippen LogP contribution is -2.29. The van der Waals surface area contributed by atoms with Crippen molar-refractivity contribution in [3.05, 3.63) is 41.1 Å². The summed E-state index contributed by atoms with van der Waals surface area (Å²) in [6.07, 6.45) is 3.04. The number of hydrogen-bond donors (Lipinski definition) is 2. The third kappa shape index (κ3) is 2.63. The van der Waals surface area contributed by atoms with Gasteiger partial charge in [0, 0.05) is 23.5 Å². The molecule has 4 nitrogen and oxygen atoms in total. The molecule has 1 atom stereocenters. The second-order valence-electron chi connectivity index (χ2n) is 5.61. The minimum absolute atomic E-state index is 0.311. The molecule has 4 heteroatoms. The molecule has 0 amide bonds. The first-order valence-electron chi connectivity index (χ1n) is 7.57. The molecular weight excluding hydrogens is 264 g/mol. The van der Waals surface area contributed by atoms with Crippen molar-refractivity contribution in [3.63, 3.8) is 0 Å². The lowest BCUT2D eigenvalue weighted by molar-refractivity contribution is 0.0699. The molecule has 0 spiro atoms. The van der Waals surface area contributed by atoms with Crippen molar-refractivity contribution in [1.82, 2.24) is 10.3 Å². The van der Waals surface area contributed by atoms with E-state index in [-0.39, 0.29) is 0 Å². The molecule has 1 aliphatic heterocycles. The molecule has 1 unspecified atom stereocenters. The van der Waals surface area contributed by atoms with E-state index in [1.807, 2.05) is 18.2 Å². The third-order valence-corrected chi connectivity index (χ3v) is 4.27. The molecule has 1 aromatic heterocycles. The van der Waals surface area contributed by atoms with Crippen LogP contribution in [0.15, 0.2) is 24.3 Å². The van der Waals surface area contributed by atoms with Gasteiger partial charge >= 0.3 is 5.97 Å². The number of nitrogens with zero attached hydrogens (tertiary/aromatic N) is 1. The van der Waals surface area contributed by atoms with Gasteiger partial charge in [-0.1, -0.05) is 25.1 Å². The molecule has 1 aromatic carbocycles. The number of benzene rings is 1. The van der Waals surface area contributed by atoms with Gasteiger partial charge in [0.15, 0.2) is 0 Å². The smallest absolute Gasteiger partial charge is 0.336 e. The zero-order chi connectivity index (χ0) is 14.8. The number of nitrogens with one attached hydrogen (secondary N) is 1. The number of aromatic nitrogens is 1. The van der Waals surface area contributed by atoms with Gasteiger partial charge in [0.05, 0.1) is 11.1 Å². The maximum absolute atomic E-state index is 11.6. The zero-order valence-electron chi connectivity index (χ0n) is 12.2. The molecule has 0 bridgehead atoms. The highest BCUT2D eigenvalue weighted by Gasteiger charge is 2.20.